The average molecular weight is 310 g/mol. The molecule has 11 heteroatoms. The van der Waals surface area contributed by atoms with Crippen LogP contribution >= 0.6 is 11.7 Å². The lowest BCUT2D eigenvalue weighted by Gasteiger charge is -2.01. The van der Waals surface area contributed by atoms with Gasteiger partial charge in [-0.2, -0.15) is 8.75 Å². The molecule has 1 aromatic heterocycles. The van der Waals surface area contributed by atoms with E-state index in [4.69, 9.17) is 5.11 Å². The molecule has 0 radical (unpaired) electrons. The molecule has 21 heavy (non-hydrogen) atoms. The van der Waals surface area contributed by atoms with E-state index in [1.807, 2.05) is 0 Å². The van der Waals surface area contributed by atoms with Gasteiger partial charge in [0, 0.05) is 6.07 Å². The standard InChI is InChI=1S/C10H6N4O6S/c15-9(16)4-7-10(12-21-11-7)6-2-1-5(13(17)18)3-8(6)14(19)20/h1-3H,4H2,(H,15,16). The average Bonchev–Trinajstić information content (AvgIpc) is 2.84. The van der Waals surface area contributed by atoms with Gasteiger partial charge in [0.25, 0.3) is 11.4 Å². The second-order valence-corrected chi connectivity index (χ2v) is 4.37. The number of nitro groups is 2. The van der Waals surface area contributed by atoms with E-state index in [1.54, 1.807) is 0 Å². The number of carboxylic acids is 1. The summed E-state index contributed by atoms with van der Waals surface area (Å²) < 4.78 is 7.63. The molecule has 0 aliphatic heterocycles. The van der Waals surface area contributed by atoms with Gasteiger partial charge in [-0.1, -0.05) is 0 Å². The molecule has 0 aliphatic carbocycles. The smallest absolute Gasteiger partial charge is 0.309 e. The van der Waals surface area contributed by atoms with Crippen LogP contribution in [0.15, 0.2) is 18.2 Å². The molecular formula is C10H6N4O6S. The van der Waals surface area contributed by atoms with E-state index in [0.717, 1.165) is 12.1 Å². The fraction of sp³-hybridized carbons (Fsp3) is 0.100. The van der Waals surface area contributed by atoms with Crippen LogP contribution in [0.1, 0.15) is 5.69 Å². The Bertz CT molecular complexity index is 743. The van der Waals surface area contributed by atoms with Crippen molar-refractivity contribution in [2.75, 3.05) is 0 Å². The highest BCUT2D eigenvalue weighted by Crippen LogP contribution is 2.34. The van der Waals surface area contributed by atoms with Crippen molar-refractivity contribution >= 4 is 29.1 Å². The Morgan fingerprint density at radius 3 is 2.52 bits per heavy atom. The van der Waals surface area contributed by atoms with Crippen LogP contribution in [0.5, 0.6) is 0 Å². The molecule has 10 nitrogen and oxygen atoms in total. The minimum Gasteiger partial charge on any atom is -0.481 e. The van der Waals surface area contributed by atoms with Crippen molar-refractivity contribution in [1.82, 2.24) is 8.75 Å². The van der Waals surface area contributed by atoms with Crippen LogP contribution in [0.25, 0.3) is 11.3 Å². The minimum absolute atomic E-state index is 0.00407. The van der Waals surface area contributed by atoms with Gasteiger partial charge >= 0.3 is 5.97 Å². The number of aromatic nitrogens is 2. The molecule has 0 spiro atoms. The van der Waals surface area contributed by atoms with Crippen molar-refractivity contribution in [2.24, 2.45) is 0 Å². The van der Waals surface area contributed by atoms with Crippen molar-refractivity contribution in [2.45, 2.75) is 6.42 Å². The Morgan fingerprint density at radius 1 is 1.24 bits per heavy atom. The highest BCUT2D eigenvalue weighted by molar-refractivity contribution is 6.99. The van der Waals surface area contributed by atoms with E-state index < -0.39 is 33.6 Å². The van der Waals surface area contributed by atoms with Crippen LogP contribution in [0, 0.1) is 20.2 Å². The number of hydrogen-bond acceptors (Lipinski definition) is 8. The van der Waals surface area contributed by atoms with Gasteiger partial charge in [0.1, 0.15) is 5.69 Å². The number of hydrogen-bond donors (Lipinski definition) is 1. The lowest BCUT2D eigenvalue weighted by Crippen LogP contribution is -2.03. The van der Waals surface area contributed by atoms with Crippen LogP contribution in [0.2, 0.25) is 0 Å². The van der Waals surface area contributed by atoms with Gasteiger partial charge in [-0.25, -0.2) is 0 Å². The maximum Gasteiger partial charge on any atom is 0.309 e. The molecule has 1 N–H and O–H groups in total. The summed E-state index contributed by atoms with van der Waals surface area (Å²) in [6.45, 7) is 0. The molecular weight excluding hydrogens is 304 g/mol. The van der Waals surface area contributed by atoms with E-state index >= 15 is 0 Å². The van der Waals surface area contributed by atoms with Crippen molar-refractivity contribution in [1.29, 1.82) is 0 Å². The molecule has 0 saturated carbocycles. The van der Waals surface area contributed by atoms with Gasteiger partial charge in [0.15, 0.2) is 0 Å². The number of nitro benzene ring substituents is 2. The number of rotatable bonds is 5. The van der Waals surface area contributed by atoms with Crippen molar-refractivity contribution in [3.63, 3.8) is 0 Å². The predicted molar refractivity (Wildman–Crippen MR) is 70.0 cm³/mol. The molecule has 0 atom stereocenters. The Morgan fingerprint density at radius 2 is 1.95 bits per heavy atom. The van der Waals surface area contributed by atoms with Gasteiger partial charge < -0.3 is 5.11 Å². The zero-order chi connectivity index (χ0) is 15.6. The first-order valence-electron chi connectivity index (χ1n) is 5.36. The zero-order valence-corrected chi connectivity index (χ0v) is 10.9. The fourth-order valence-electron chi connectivity index (χ4n) is 1.66. The van der Waals surface area contributed by atoms with Crippen LogP contribution in [0.3, 0.4) is 0 Å². The maximum atomic E-state index is 11.0. The monoisotopic (exact) mass is 310 g/mol. The first-order chi connectivity index (χ1) is 9.90. The summed E-state index contributed by atoms with van der Waals surface area (Å²) in [4.78, 5) is 30.9. The third-order valence-corrected chi connectivity index (χ3v) is 3.09. The summed E-state index contributed by atoms with van der Waals surface area (Å²) in [5, 5.41) is 30.5. The number of aliphatic carboxylic acids is 1. The van der Waals surface area contributed by atoms with Crippen molar-refractivity contribution in [3.8, 4) is 11.3 Å². The highest BCUT2D eigenvalue weighted by Gasteiger charge is 2.25. The van der Waals surface area contributed by atoms with Gasteiger partial charge in [0.05, 0.1) is 45.3 Å². The van der Waals surface area contributed by atoms with E-state index in [0.29, 0.717) is 11.7 Å². The summed E-state index contributed by atoms with van der Waals surface area (Å²) in [5.41, 5.74) is -0.846. The molecule has 0 amide bonds. The third kappa shape index (κ3) is 2.97. The van der Waals surface area contributed by atoms with E-state index in [1.165, 1.54) is 6.07 Å². The van der Waals surface area contributed by atoms with E-state index in [-0.39, 0.29) is 17.0 Å². The number of nitrogens with zero attached hydrogens (tertiary/aromatic N) is 4. The molecule has 0 bridgehead atoms. The number of benzene rings is 1. The van der Waals surface area contributed by atoms with Crippen LogP contribution < -0.4 is 0 Å². The number of carboxylic acid groups (broad SMARTS) is 1. The summed E-state index contributed by atoms with van der Waals surface area (Å²) in [6.07, 6.45) is -0.444. The lowest BCUT2D eigenvalue weighted by atomic mass is 10.1. The molecule has 0 fully saturated rings. The Hall–Kier alpha value is -2.95. The first-order valence-corrected chi connectivity index (χ1v) is 6.09. The molecule has 108 valence electrons. The fourth-order valence-corrected chi connectivity index (χ4v) is 2.23. The second kappa shape index (κ2) is 5.58. The largest absolute Gasteiger partial charge is 0.481 e. The molecule has 1 aromatic carbocycles. The molecule has 0 unspecified atom stereocenters. The Balaban J connectivity index is 2.58. The summed E-state index contributed by atoms with van der Waals surface area (Å²) >= 11 is 0.714. The molecule has 0 aliphatic rings. The lowest BCUT2D eigenvalue weighted by molar-refractivity contribution is -0.393. The van der Waals surface area contributed by atoms with Crippen molar-refractivity contribution < 1.29 is 19.7 Å². The summed E-state index contributed by atoms with van der Waals surface area (Å²) in [6, 6.07) is 3.06. The maximum absolute atomic E-state index is 11.0. The SMILES string of the molecule is O=C(O)Cc1nsnc1-c1ccc([N+](=O)[O-])cc1[N+](=O)[O-]. The van der Waals surface area contributed by atoms with E-state index in [9.17, 15) is 25.0 Å². The van der Waals surface area contributed by atoms with Crippen LogP contribution in [-0.2, 0) is 11.2 Å². The quantitative estimate of drug-likeness (QED) is 0.646. The summed E-state index contributed by atoms with van der Waals surface area (Å²) in [5.74, 6) is -1.16. The van der Waals surface area contributed by atoms with E-state index in [2.05, 4.69) is 8.75 Å². The van der Waals surface area contributed by atoms with Crippen LogP contribution in [0.4, 0.5) is 11.4 Å². The molecule has 0 saturated heterocycles. The summed E-state index contributed by atoms with van der Waals surface area (Å²) in [7, 11) is 0. The minimum atomic E-state index is -1.16. The Labute approximate surface area is 120 Å². The topological polar surface area (TPSA) is 149 Å². The van der Waals surface area contributed by atoms with Gasteiger partial charge in [-0.05, 0) is 6.07 Å². The molecule has 1 heterocycles. The Kier molecular flexibility index (Phi) is 3.84. The second-order valence-electron chi connectivity index (χ2n) is 3.85. The van der Waals surface area contributed by atoms with Gasteiger partial charge in [0.2, 0.25) is 0 Å². The highest BCUT2D eigenvalue weighted by atomic mass is 32.1. The van der Waals surface area contributed by atoms with Crippen LogP contribution in [-0.4, -0.2) is 29.7 Å². The molecule has 2 aromatic rings. The number of carbonyl (C=O) groups is 1. The third-order valence-electron chi connectivity index (χ3n) is 2.52. The van der Waals surface area contributed by atoms with Gasteiger partial charge in [-0.15, -0.1) is 0 Å². The zero-order valence-electron chi connectivity index (χ0n) is 10.1. The predicted octanol–water partition coefficient (Wildman–Crippen LogP) is 1.65. The van der Waals surface area contributed by atoms with Crippen molar-refractivity contribution in [3.05, 3.63) is 44.1 Å². The molecule has 2 rings (SSSR count). The number of non-ortho nitro benzene ring substituents is 1. The normalized spacial score (nSPS) is 10.3. The first kappa shape index (κ1) is 14.5. The van der Waals surface area contributed by atoms with Gasteiger partial charge in [-0.3, -0.25) is 25.0 Å².